The Bertz CT molecular complexity index is 557. The first-order chi connectivity index (χ1) is 7.85. The summed E-state index contributed by atoms with van der Waals surface area (Å²) < 4.78 is 3.30. The summed E-state index contributed by atoms with van der Waals surface area (Å²) in [7, 11) is 0. The van der Waals surface area contributed by atoms with E-state index in [9.17, 15) is 0 Å². The third-order valence-corrected chi connectivity index (χ3v) is 4.42. The van der Waals surface area contributed by atoms with Crippen molar-refractivity contribution in [2.24, 2.45) is 5.92 Å². The highest BCUT2D eigenvalue weighted by Crippen LogP contribution is 2.33. The average Bonchev–Trinajstić information content (AvgIpc) is 2.58. The minimum Gasteiger partial charge on any atom is -0.383 e. The number of hydrogen-bond donors (Lipinski definition) is 1. The van der Waals surface area contributed by atoms with Gasteiger partial charge in [-0.25, -0.2) is 9.97 Å². The molecule has 0 aliphatic carbocycles. The first kappa shape index (κ1) is 12.6. The molecule has 5 heteroatoms. The molecule has 0 saturated heterocycles. The summed E-state index contributed by atoms with van der Waals surface area (Å²) in [6, 6.07) is 0. The van der Waals surface area contributed by atoms with Crippen molar-refractivity contribution in [2.45, 2.75) is 33.2 Å². The lowest BCUT2D eigenvalue weighted by molar-refractivity contribution is 0.257. The normalized spacial score (nSPS) is 12.6. The first-order valence-electron chi connectivity index (χ1n) is 5.63. The quantitative estimate of drug-likeness (QED) is 0.852. The molecular weight excluding hydrogens is 327 g/mol. The van der Waals surface area contributed by atoms with E-state index in [1.807, 2.05) is 0 Å². The fourth-order valence-corrected chi connectivity index (χ4v) is 2.55. The van der Waals surface area contributed by atoms with Crippen molar-refractivity contribution in [3.63, 3.8) is 0 Å². The number of nitrogens with two attached hydrogens (primary N) is 1. The van der Waals surface area contributed by atoms with Crippen LogP contribution in [0.5, 0.6) is 0 Å². The van der Waals surface area contributed by atoms with Gasteiger partial charge in [-0.15, -0.1) is 0 Å². The fraction of sp³-hybridized carbons (Fsp3) is 0.500. The van der Waals surface area contributed by atoms with Crippen LogP contribution in [0.2, 0.25) is 0 Å². The Labute approximate surface area is 115 Å². The van der Waals surface area contributed by atoms with Crippen LogP contribution < -0.4 is 5.73 Å². The summed E-state index contributed by atoms with van der Waals surface area (Å²) in [5, 5.41) is 0.960. The molecule has 92 valence electrons. The Hall–Kier alpha value is -0.850. The number of fused-ring (bicyclic) bond motifs is 1. The molecule has 0 bridgehead atoms. The maximum atomic E-state index is 5.92. The maximum absolute atomic E-state index is 5.92. The second kappa shape index (κ2) is 4.12. The maximum Gasteiger partial charge on any atom is 0.147 e. The van der Waals surface area contributed by atoms with Crippen molar-refractivity contribution in [3.8, 4) is 0 Å². The number of nitrogens with zero attached hydrogens (tertiary/aromatic N) is 3. The van der Waals surface area contributed by atoms with E-state index in [4.69, 9.17) is 5.73 Å². The van der Waals surface area contributed by atoms with E-state index in [0.29, 0.717) is 11.7 Å². The first-order valence-corrected chi connectivity index (χ1v) is 6.71. The van der Waals surface area contributed by atoms with Gasteiger partial charge < -0.3 is 10.3 Å². The Morgan fingerprint density at radius 3 is 2.59 bits per heavy atom. The smallest absolute Gasteiger partial charge is 0.147 e. The van der Waals surface area contributed by atoms with Crippen LogP contribution in [0, 0.1) is 9.49 Å². The number of aromatic nitrogens is 3. The van der Waals surface area contributed by atoms with Crippen LogP contribution in [-0.4, -0.2) is 14.5 Å². The molecule has 2 rings (SSSR count). The van der Waals surface area contributed by atoms with Gasteiger partial charge in [-0.3, -0.25) is 0 Å². The van der Waals surface area contributed by atoms with Crippen molar-refractivity contribution < 1.29 is 0 Å². The Balaban J connectivity index is 2.77. The van der Waals surface area contributed by atoms with Crippen LogP contribution in [-0.2, 0) is 5.54 Å². The third-order valence-electron chi connectivity index (χ3n) is 3.60. The molecule has 0 saturated carbocycles. The fourth-order valence-electron chi connectivity index (χ4n) is 1.76. The molecule has 0 unspecified atom stereocenters. The number of anilines is 1. The number of nitrogen functional groups attached to an aromatic ring is 1. The van der Waals surface area contributed by atoms with E-state index in [1.54, 1.807) is 0 Å². The highest BCUT2D eigenvalue weighted by atomic mass is 127. The molecule has 2 aromatic rings. The standard InChI is InChI=1S/C12H17IN4/c1-7(2)12(3,4)17-5-8(13)9-10(14)15-6-16-11(9)17/h5-7H,1-4H3,(H2,14,15,16). The van der Waals surface area contributed by atoms with E-state index >= 15 is 0 Å². The van der Waals surface area contributed by atoms with E-state index < -0.39 is 0 Å². The van der Waals surface area contributed by atoms with Gasteiger partial charge in [-0.05, 0) is 42.4 Å². The van der Waals surface area contributed by atoms with Crippen LogP contribution in [0.3, 0.4) is 0 Å². The predicted molar refractivity (Wildman–Crippen MR) is 78.8 cm³/mol. The zero-order valence-corrected chi connectivity index (χ0v) is 12.7. The molecule has 0 fully saturated rings. The van der Waals surface area contributed by atoms with E-state index in [2.05, 4.69) is 71.0 Å². The van der Waals surface area contributed by atoms with E-state index in [-0.39, 0.29) is 5.54 Å². The summed E-state index contributed by atoms with van der Waals surface area (Å²) in [6.07, 6.45) is 3.64. The van der Waals surface area contributed by atoms with Crippen LogP contribution in [0.25, 0.3) is 11.0 Å². The van der Waals surface area contributed by atoms with Crippen LogP contribution in [0.4, 0.5) is 5.82 Å². The van der Waals surface area contributed by atoms with Crippen molar-refractivity contribution in [3.05, 3.63) is 16.1 Å². The Morgan fingerprint density at radius 1 is 1.35 bits per heavy atom. The Kier molecular flexibility index (Phi) is 3.05. The summed E-state index contributed by atoms with van der Waals surface area (Å²) in [6.45, 7) is 8.85. The molecule has 2 heterocycles. The SMILES string of the molecule is CC(C)C(C)(C)n1cc(I)c2c(N)ncnc21. The number of halogens is 1. The largest absolute Gasteiger partial charge is 0.383 e. The van der Waals surface area contributed by atoms with Gasteiger partial charge in [0.25, 0.3) is 0 Å². The molecule has 0 amide bonds. The van der Waals surface area contributed by atoms with Gasteiger partial charge in [0, 0.05) is 15.3 Å². The lowest BCUT2D eigenvalue weighted by Gasteiger charge is -2.31. The van der Waals surface area contributed by atoms with E-state index in [0.717, 1.165) is 14.6 Å². The van der Waals surface area contributed by atoms with Crippen molar-refractivity contribution in [1.82, 2.24) is 14.5 Å². The minimum absolute atomic E-state index is 0.00245. The van der Waals surface area contributed by atoms with Gasteiger partial charge in [-0.2, -0.15) is 0 Å². The van der Waals surface area contributed by atoms with Crippen LogP contribution in [0.15, 0.2) is 12.5 Å². The van der Waals surface area contributed by atoms with Gasteiger partial charge in [0.2, 0.25) is 0 Å². The summed E-state index contributed by atoms with van der Waals surface area (Å²) in [4.78, 5) is 8.44. The summed E-state index contributed by atoms with van der Waals surface area (Å²) in [5.41, 5.74) is 6.84. The second-order valence-corrected chi connectivity index (χ2v) is 6.28. The Morgan fingerprint density at radius 2 is 2.00 bits per heavy atom. The molecule has 17 heavy (non-hydrogen) atoms. The lowest BCUT2D eigenvalue weighted by atomic mass is 9.90. The molecular formula is C12H17IN4. The summed E-state index contributed by atoms with van der Waals surface area (Å²) in [5.74, 6) is 1.06. The molecule has 4 nitrogen and oxygen atoms in total. The van der Waals surface area contributed by atoms with Gasteiger partial charge in [-0.1, -0.05) is 13.8 Å². The van der Waals surface area contributed by atoms with Gasteiger partial charge in [0.15, 0.2) is 0 Å². The average molecular weight is 344 g/mol. The lowest BCUT2D eigenvalue weighted by Crippen LogP contribution is -2.31. The minimum atomic E-state index is 0.00245. The monoisotopic (exact) mass is 344 g/mol. The molecule has 0 aliphatic rings. The predicted octanol–water partition coefficient (Wildman–Crippen LogP) is 3.01. The zero-order chi connectivity index (χ0) is 12.8. The molecule has 0 spiro atoms. The number of hydrogen-bond acceptors (Lipinski definition) is 3. The van der Waals surface area contributed by atoms with Crippen molar-refractivity contribution >= 4 is 39.4 Å². The van der Waals surface area contributed by atoms with Gasteiger partial charge in [0.1, 0.15) is 17.8 Å². The van der Waals surface area contributed by atoms with Gasteiger partial charge in [0.05, 0.1) is 5.39 Å². The second-order valence-electron chi connectivity index (χ2n) is 5.11. The van der Waals surface area contributed by atoms with Crippen molar-refractivity contribution in [1.29, 1.82) is 0 Å². The zero-order valence-electron chi connectivity index (χ0n) is 10.5. The number of rotatable bonds is 2. The van der Waals surface area contributed by atoms with Gasteiger partial charge >= 0.3 is 0 Å². The molecule has 0 aromatic carbocycles. The third kappa shape index (κ3) is 1.90. The van der Waals surface area contributed by atoms with E-state index in [1.165, 1.54) is 6.33 Å². The van der Waals surface area contributed by atoms with Crippen LogP contribution >= 0.6 is 22.6 Å². The molecule has 0 atom stereocenters. The van der Waals surface area contributed by atoms with Crippen molar-refractivity contribution in [2.75, 3.05) is 5.73 Å². The molecule has 0 radical (unpaired) electrons. The molecule has 0 aliphatic heterocycles. The topological polar surface area (TPSA) is 56.7 Å². The highest BCUT2D eigenvalue weighted by Gasteiger charge is 2.27. The van der Waals surface area contributed by atoms with Crippen LogP contribution in [0.1, 0.15) is 27.7 Å². The highest BCUT2D eigenvalue weighted by molar-refractivity contribution is 14.1. The molecule has 2 N–H and O–H groups in total. The summed E-state index contributed by atoms with van der Waals surface area (Å²) >= 11 is 2.29. The molecule has 2 aromatic heterocycles.